The molecule has 2 aliphatic heterocycles. The molecular formula is C16H24Cl3N5. The van der Waals surface area contributed by atoms with Crippen LogP contribution in [0.15, 0.2) is 41.5 Å². The van der Waals surface area contributed by atoms with Gasteiger partial charge in [0.05, 0.1) is 6.67 Å². The third-order valence-corrected chi connectivity index (χ3v) is 4.28. The molecule has 0 spiro atoms. The van der Waals surface area contributed by atoms with Gasteiger partial charge in [0.1, 0.15) is 5.84 Å². The Balaban J connectivity index is 0.00000144. The molecule has 0 amide bonds. The fourth-order valence-electron chi connectivity index (χ4n) is 2.78. The zero-order valence-electron chi connectivity index (χ0n) is 13.6. The van der Waals surface area contributed by atoms with E-state index in [-0.39, 0.29) is 24.8 Å². The fraction of sp³-hybridized carbons (Fsp3) is 0.438. The summed E-state index contributed by atoms with van der Waals surface area (Å²) in [5, 5.41) is 10.9. The first kappa shape index (κ1) is 21.2. The maximum Gasteiger partial charge on any atom is 0.159 e. The van der Waals surface area contributed by atoms with E-state index in [0.717, 1.165) is 49.3 Å². The van der Waals surface area contributed by atoms with Crippen molar-refractivity contribution < 1.29 is 0 Å². The molecule has 0 bridgehead atoms. The smallest absolute Gasteiger partial charge is 0.159 e. The van der Waals surface area contributed by atoms with E-state index in [1.165, 1.54) is 0 Å². The quantitative estimate of drug-likeness (QED) is 0.736. The number of piperazine rings is 1. The molecule has 8 heteroatoms. The molecule has 0 aromatic heterocycles. The van der Waals surface area contributed by atoms with Gasteiger partial charge in [0.15, 0.2) is 5.66 Å². The highest BCUT2D eigenvalue weighted by molar-refractivity contribution is 6.30. The molecule has 3 N–H and O–H groups in total. The second kappa shape index (κ2) is 9.61. The topological polar surface area (TPSA) is 51.7 Å². The average molecular weight is 393 g/mol. The van der Waals surface area contributed by atoms with Gasteiger partial charge < -0.3 is 10.6 Å². The van der Waals surface area contributed by atoms with E-state index in [1.54, 1.807) is 0 Å². The summed E-state index contributed by atoms with van der Waals surface area (Å²) in [5.41, 5.74) is 0.550. The molecule has 1 fully saturated rings. The highest BCUT2D eigenvalue weighted by atomic mass is 35.5. The summed E-state index contributed by atoms with van der Waals surface area (Å²) in [5.74, 6) is 0.894. The summed E-state index contributed by atoms with van der Waals surface area (Å²) in [7, 11) is 0. The van der Waals surface area contributed by atoms with Gasteiger partial charge in [-0.05, 0) is 30.7 Å². The first-order valence-electron chi connectivity index (χ1n) is 7.63. The largest absolute Gasteiger partial charge is 0.351 e. The van der Waals surface area contributed by atoms with Gasteiger partial charge >= 0.3 is 0 Å². The predicted molar refractivity (Wildman–Crippen MR) is 105 cm³/mol. The highest BCUT2D eigenvalue weighted by Gasteiger charge is 2.31. The van der Waals surface area contributed by atoms with Crippen molar-refractivity contribution in [3.63, 3.8) is 0 Å². The Kier molecular flexibility index (Phi) is 8.50. The third kappa shape index (κ3) is 5.09. The molecule has 0 aliphatic carbocycles. The van der Waals surface area contributed by atoms with Gasteiger partial charge in [-0.15, -0.1) is 24.8 Å². The summed E-state index contributed by atoms with van der Waals surface area (Å²) >= 11 is 6.02. The van der Waals surface area contributed by atoms with E-state index in [0.29, 0.717) is 0 Å². The van der Waals surface area contributed by atoms with Crippen LogP contribution < -0.4 is 16.0 Å². The SMILES string of the molecule is CC1=NC(NCN2CCNCC2)(c2ccc(Cl)cc2)C=CN1.Cl.Cl. The highest BCUT2D eigenvalue weighted by Crippen LogP contribution is 2.27. The van der Waals surface area contributed by atoms with Crippen LogP contribution >= 0.6 is 36.4 Å². The molecule has 1 atom stereocenters. The van der Waals surface area contributed by atoms with Crippen molar-refractivity contribution in [1.82, 2.24) is 20.9 Å². The van der Waals surface area contributed by atoms with Crippen molar-refractivity contribution in [2.24, 2.45) is 4.99 Å². The summed E-state index contributed by atoms with van der Waals surface area (Å²) in [6, 6.07) is 7.87. The summed E-state index contributed by atoms with van der Waals surface area (Å²) in [6.07, 6.45) is 4.01. The van der Waals surface area contributed by atoms with E-state index < -0.39 is 5.66 Å². The fourth-order valence-corrected chi connectivity index (χ4v) is 2.91. The van der Waals surface area contributed by atoms with Crippen LogP contribution in [-0.2, 0) is 5.66 Å². The van der Waals surface area contributed by atoms with Crippen LogP contribution in [-0.4, -0.2) is 43.6 Å². The molecule has 134 valence electrons. The van der Waals surface area contributed by atoms with Gasteiger partial charge in [0.25, 0.3) is 0 Å². The Morgan fingerprint density at radius 2 is 1.88 bits per heavy atom. The molecule has 24 heavy (non-hydrogen) atoms. The Labute approximate surface area is 160 Å². The average Bonchev–Trinajstić information content (AvgIpc) is 2.55. The van der Waals surface area contributed by atoms with Crippen molar-refractivity contribution >= 4 is 42.3 Å². The lowest BCUT2D eigenvalue weighted by molar-refractivity contribution is 0.199. The summed E-state index contributed by atoms with van der Waals surface area (Å²) in [6.45, 7) is 6.94. The molecule has 2 aliphatic rings. The van der Waals surface area contributed by atoms with Crippen LogP contribution in [0.3, 0.4) is 0 Å². The lowest BCUT2D eigenvalue weighted by Gasteiger charge is -2.35. The first-order chi connectivity index (χ1) is 10.7. The molecule has 1 unspecified atom stereocenters. The van der Waals surface area contributed by atoms with E-state index in [1.807, 2.05) is 37.4 Å². The molecule has 2 heterocycles. The zero-order valence-corrected chi connectivity index (χ0v) is 16.0. The van der Waals surface area contributed by atoms with Gasteiger partial charge in [0.2, 0.25) is 0 Å². The van der Waals surface area contributed by atoms with Crippen molar-refractivity contribution in [3.05, 3.63) is 47.1 Å². The molecule has 1 aromatic carbocycles. The number of hydrogen-bond donors (Lipinski definition) is 3. The minimum atomic E-state index is -0.537. The Bertz CT molecular complexity index is 570. The number of nitrogens with one attached hydrogen (secondary N) is 3. The van der Waals surface area contributed by atoms with Crippen molar-refractivity contribution in [3.8, 4) is 0 Å². The molecule has 1 saturated heterocycles. The monoisotopic (exact) mass is 391 g/mol. The summed E-state index contributed by atoms with van der Waals surface area (Å²) < 4.78 is 0. The third-order valence-electron chi connectivity index (χ3n) is 4.03. The normalized spacial score (nSPS) is 23.5. The second-order valence-corrected chi connectivity index (χ2v) is 6.09. The number of halogens is 3. The number of aliphatic imine (C=N–C) groups is 1. The lowest BCUT2D eigenvalue weighted by Crippen LogP contribution is -2.52. The maximum atomic E-state index is 6.02. The Hall–Kier alpha value is -0.820. The standard InChI is InChI=1S/C16H22ClN5.2ClH/c1-13-19-7-6-16(21-13,14-2-4-15(17)5-3-14)20-12-22-10-8-18-9-11-22;;/h2-7,18,20H,8-12H2,1H3,(H,19,21);2*1H. The van der Waals surface area contributed by atoms with Gasteiger partial charge in [-0.1, -0.05) is 23.7 Å². The molecule has 1 aromatic rings. The minimum Gasteiger partial charge on any atom is -0.351 e. The van der Waals surface area contributed by atoms with Crippen molar-refractivity contribution in [1.29, 1.82) is 0 Å². The maximum absolute atomic E-state index is 6.02. The van der Waals surface area contributed by atoms with Crippen LogP contribution in [0.25, 0.3) is 0 Å². The van der Waals surface area contributed by atoms with Gasteiger partial charge in [0, 0.05) is 37.4 Å². The van der Waals surface area contributed by atoms with E-state index in [4.69, 9.17) is 16.6 Å². The molecular weight excluding hydrogens is 369 g/mol. The molecule has 0 radical (unpaired) electrons. The number of rotatable bonds is 4. The van der Waals surface area contributed by atoms with Crippen LogP contribution in [0.1, 0.15) is 12.5 Å². The lowest BCUT2D eigenvalue weighted by atomic mass is 9.99. The zero-order chi connectivity index (χ0) is 15.4. The van der Waals surface area contributed by atoms with E-state index in [9.17, 15) is 0 Å². The minimum absolute atomic E-state index is 0. The van der Waals surface area contributed by atoms with Crippen LogP contribution in [0.2, 0.25) is 5.02 Å². The number of benzene rings is 1. The van der Waals surface area contributed by atoms with E-state index in [2.05, 4.69) is 26.9 Å². The molecule has 3 rings (SSSR count). The van der Waals surface area contributed by atoms with Crippen LogP contribution in [0.4, 0.5) is 0 Å². The Morgan fingerprint density at radius 1 is 1.21 bits per heavy atom. The first-order valence-corrected chi connectivity index (χ1v) is 8.01. The van der Waals surface area contributed by atoms with Crippen LogP contribution in [0, 0.1) is 0 Å². The van der Waals surface area contributed by atoms with Gasteiger partial charge in [-0.3, -0.25) is 10.2 Å². The molecule has 0 saturated carbocycles. The summed E-state index contributed by atoms with van der Waals surface area (Å²) in [4.78, 5) is 7.22. The van der Waals surface area contributed by atoms with E-state index >= 15 is 0 Å². The van der Waals surface area contributed by atoms with Gasteiger partial charge in [-0.25, -0.2) is 4.99 Å². The second-order valence-electron chi connectivity index (χ2n) is 5.65. The van der Waals surface area contributed by atoms with Crippen LogP contribution in [0.5, 0.6) is 0 Å². The number of amidine groups is 1. The van der Waals surface area contributed by atoms with Gasteiger partial charge in [-0.2, -0.15) is 0 Å². The Morgan fingerprint density at radius 3 is 2.50 bits per heavy atom. The van der Waals surface area contributed by atoms with Crippen molar-refractivity contribution in [2.45, 2.75) is 12.6 Å². The number of hydrogen-bond acceptors (Lipinski definition) is 5. The predicted octanol–water partition coefficient (Wildman–Crippen LogP) is 2.32. The van der Waals surface area contributed by atoms with Crippen molar-refractivity contribution in [2.75, 3.05) is 32.8 Å². The number of nitrogens with zero attached hydrogens (tertiary/aromatic N) is 2. The molecule has 5 nitrogen and oxygen atoms in total.